The molecule has 5 heteroatoms. The van der Waals surface area contributed by atoms with Gasteiger partial charge in [-0.3, -0.25) is 4.79 Å². The zero-order valence-corrected chi connectivity index (χ0v) is 13.1. The number of nitrogens with one attached hydrogen (secondary N) is 2. The van der Waals surface area contributed by atoms with E-state index in [0.29, 0.717) is 13.0 Å². The quantitative estimate of drug-likeness (QED) is 0.888. The van der Waals surface area contributed by atoms with Crippen molar-refractivity contribution in [3.05, 3.63) is 24.1 Å². The van der Waals surface area contributed by atoms with Gasteiger partial charge in [0.2, 0.25) is 5.91 Å². The molecule has 2 rings (SSSR count). The van der Waals surface area contributed by atoms with E-state index in [1.54, 1.807) is 0 Å². The molecule has 0 bridgehead atoms. The molecule has 1 heterocycles. The number of aromatic nitrogens is 1. The van der Waals surface area contributed by atoms with Crippen molar-refractivity contribution in [1.82, 2.24) is 10.3 Å². The Bertz CT molecular complexity index is 626. The number of oxazole rings is 1. The fourth-order valence-corrected chi connectivity index (χ4v) is 2.04. The molecule has 21 heavy (non-hydrogen) atoms. The molecule has 0 saturated heterocycles. The summed E-state index contributed by atoms with van der Waals surface area (Å²) in [5.41, 5.74) is 2.41. The van der Waals surface area contributed by atoms with Crippen LogP contribution in [0.3, 0.4) is 0 Å². The van der Waals surface area contributed by atoms with Crippen LogP contribution in [0.15, 0.2) is 22.6 Å². The first-order valence-corrected chi connectivity index (χ1v) is 7.21. The molecule has 0 unspecified atom stereocenters. The molecule has 2 aromatic rings. The Labute approximate surface area is 125 Å². The van der Waals surface area contributed by atoms with Crippen LogP contribution >= 0.6 is 0 Å². The molecule has 0 radical (unpaired) electrons. The summed E-state index contributed by atoms with van der Waals surface area (Å²) in [6, 6.07) is 5.54. The van der Waals surface area contributed by atoms with Gasteiger partial charge in [-0.2, -0.15) is 0 Å². The zero-order valence-electron chi connectivity index (χ0n) is 13.1. The van der Waals surface area contributed by atoms with E-state index >= 15 is 0 Å². The maximum absolute atomic E-state index is 11.7. The minimum atomic E-state index is -0.0119. The lowest BCUT2D eigenvalue weighted by Gasteiger charge is -2.14. The third-order valence-corrected chi connectivity index (χ3v) is 3.00. The predicted molar refractivity (Wildman–Crippen MR) is 84.3 cm³/mol. The van der Waals surface area contributed by atoms with Crippen molar-refractivity contribution in [1.29, 1.82) is 0 Å². The van der Waals surface area contributed by atoms with Crippen LogP contribution in [-0.4, -0.2) is 24.5 Å². The summed E-state index contributed by atoms with van der Waals surface area (Å²) in [6.45, 7) is 7.10. The lowest BCUT2D eigenvalue weighted by atomic mass is 9.92. The van der Waals surface area contributed by atoms with Crippen LogP contribution in [0, 0.1) is 5.41 Å². The second-order valence-electron chi connectivity index (χ2n) is 6.43. The lowest BCUT2D eigenvalue weighted by molar-refractivity contribution is -0.116. The minimum Gasteiger partial charge on any atom is -0.441 e. The van der Waals surface area contributed by atoms with Crippen molar-refractivity contribution in [3.8, 4) is 0 Å². The molecule has 0 aliphatic carbocycles. The molecular formula is C16H23N3O2. The van der Waals surface area contributed by atoms with Crippen LogP contribution in [0.5, 0.6) is 0 Å². The molecule has 0 aliphatic heterocycles. The monoisotopic (exact) mass is 289 g/mol. The van der Waals surface area contributed by atoms with Crippen LogP contribution in [0.1, 0.15) is 33.1 Å². The van der Waals surface area contributed by atoms with E-state index in [-0.39, 0.29) is 11.3 Å². The van der Waals surface area contributed by atoms with E-state index in [2.05, 4.69) is 36.4 Å². The van der Waals surface area contributed by atoms with E-state index in [1.807, 2.05) is 25.2 Å². The fourth-order valence-electron chi connectivity index (χ4n) is 2.04. The van der Waals surface area contributed by atoms with Crippen molar-refractivity contribution in [3.63, 3.8) is 0 Å². The van der Waals surface area contributed by atoms with E-state index < -0.39 is 0 Å². The van der Waals surface area contributed by atoms with E-state index in [1.165, 1.54) is 0 Å². The van der Waals surface area contributed by atoms with Crippen LogP contribution < -0.4 is 10.6 Å². The normalized spacial score (nSPS) is 11.8. The topological polar surface area (TPSA) is 67.2 Å². The maximum atomic E-state index is 11.7. The van der Waals surface area contributed by atoms with Crippen LogP contribution in [-0.2, 0) is 11.2 Å². The summed E-state index contributed by atoms with van der Waals surface area (Å²) in [6.07, 6.45) is 1.23. The number of carbonyl (C=O) groups excluding carboxylic acids is 1. The molecule has 0 atom stereocenters. The molecule has 1 aromatic heterocycles. The summed E-state index contributed by atoms with van der Waals surface area (Å²) < 4.78 is 5.74. The number of hydrogen-bond donors (Lipinski definition) is 2. The third kappa shape index (κ3) is 4.56. The Balaban J connectivity index is 2.12. The van der Waals surface area contributed by atoms with Crippen molar-refractivity contribution < 1.29 is 9.21 Å². The second-order valence-corrected chi connectivity index (χ2v) is 6.43. The van der Waals surface area contributed by atoms with Gasteiger partial charge in [0.25, 0.3) is 0 Å². The Morgan fingerprint density at radius 1 is 1.33 bits per heavy atom. The summed E-state index contributed by atoms with van der Waals surface area (Å²) in [5.74, 6) is 0.721. The van der Waals surface area contributed by atoms with E-state index in [0.717, 1.165) is 29.1 Å². The number of amides is 1. The average molecular weight is 289 g/mol. The molecule has 1 aromatic carbocycles. The molecule has 2 N–H and O–H groups in total. The maximum Gasteiger partial charge on any atom is 0.225 e. The Hall–Kier alpha value is -1.88. The fraction of sp³-hybridized carbons (Fsp3) is 0.500. The highest BCUT2D eigenvalue weighted by atomic mass is 16.3. The lowest BCUT2D eigenvalue weighted by Crippen LogP contribution is -2.18. The van der Waals surface area contributed by atoms with Crippen LogP contribution in [0.25, 0.3) is 11.1 Å². The molecular weight excluding hydrogens is 266 g/mol. The van der Waals surface area contributed by atoms with Crippen molar-refractivity contribution in [2.75, 3.05) is 18.9 Å². The Kier molecular flexibility index (Phi) is 4.63. The highest BCUT2D eigenvalue weighted by Crippen LogP contribution is 2.25. The highest BCUT2D eigenvalue weighted by Gasteiger charge is 2.16. The number of benzene rings is 1. The first kappa shape index (κ1) is 15.5. The Morgan fingerprint density at radius 2 is 2.10 bits per heavy atom. The third-order valence-electron chi connectivity index (χ3n) is 3.00. The van der Waals surface area contributed by atoms with Gasteiger partial charge in [0.1, 0.15) is 5.52 Å². The standard InChI is InChI=1S/C16H23N3O2/c1-16(2,3)10-15-19-12-9-11(5-6-13(12)21-15)18-14(20)7-8-17-4/h5-6,9,17H,7-8,10H2,1-4H3,(H,18,20). The summed E-state index contributed by atoms with van der Waals surface area (Å²) in [7, 11) is 1.82. The zero-order chi connectivity index (χ0) is 15.5. The van der Waals surface area contributed by atoms with Gasteiger partial charge >= 0.3 is 0 Å². The number of nitrogens with zero attached hydrogens (tertiary/aromatic N) is 1. The molecule has 114 valence electrons. The molecule has 0 fully saturated rings. The van der Waals surface area contributed by atoms with Gasteiger partial charge in [-0.05, 0) is 30.7 Å². The predicted octanol–water partition coefficient (Wildman–Crippen LogP) is 2.96. The summed E-state index contributed by atoms with van der Waals surface area (Å²) >= 11 is 0. The number of fused-ring (bicyclic) bond motifs is 1. The van der Waals surface area contributed by atoms with Gasteiger partial charge in [-0.15, -0.1) is 0 Å². The average Bonchev–Trinajstić information content (AvgIpc) is 2.75. The first-order chi connectivity index (χ1) is 9.87. The molecule has 0 spiro atoms. The van der Waals surface area contributed by atoms with E-state index in [4.69, 9.17) is 4.42 Å². The summed E-state index contributed by atoms with van der Waals surface area (Å²) in [4.78, 5) is 16.2. The number of anilines is 1. The van der Waals surface area contributed by atoms with Gasteiger partial charge in [0.05, 0.1) is 0 Å². The molecule has 0 aliphatic rings. The van der Waals surface area contributed by atoms with Crippen LogP contribution in [0.4, 0.5) is 5.69 Å². The largest absolute Gasteiger partial charge is 0.441 e. The number of carbonyl (C=O) groups is 1. The Morgan fingerprint density at radius 3 is 2.76 bits per heavy atom. The van der Waals surface area contributed by atoms with Gasteiger partial charge in [0.15, 0.2) is 11.5 Å². The molecule has 0 saturated carbocycles. The van der Waals surface area contributed by atoms with Crippen LogP contribution in [0.2, 0.25) is 0 Å². The van der Waals surface area contributed by atoms with Gasteiger partial charge in [-0.25, -0.2) is 4.98 Å². The number of hydrogen-bond acceptors (Lipinski definition) is 4. The number of rotatable bonds is 5. The van der Waals surface area contributed by atoms with Crippen molar-refractivity contribution in [2.24, 2.45) is 5.41 Å². The smallest absolute Gasteiger partial charge is 0.225 e. The van der Waals surface area contributed by atoms with E-state index in [9.17, 15) is 4.79 Å². The molecule has 1 amide bonds. The van der Waals surface area contributed by atoms with Crippen molar-refractivity contribution >= 4 is 22.7 Å². The highest BCUT2D eigenvalue weighted by molar-refractivity contribution is 5.92. The first-order valence-electron chi connectivity index (χ1n) is 7.21. The van der Waals surface area contributed by atoms with Gasteiger partial charge < -0.3 is 15.1 Å². The molecule has 5 nitrogen and oxygen atoms in total. The van der Waals surface area contributed by atoms with Gasteiger partial charge in [-0.1, -0.05) is 20.8 Å². The minimum absolute atomic E-state index is 0.0119. The van der Waals surface area contributed by atoms with Gasteiger partial charge in [0, 0.05) is 25.1 Å². The second kappa shape index (κ2) is 6.26. The summed E-state index contributed by atoms with van der Waals surface area (Å²) in [5, 5.41) is 5.82. The van der Waals surface area contributed by atoms with Crippen molar-refractivity contribution in [2.45, 2.75) is 33.6 Å². The SMILES string of the molecule is CNCCC(=O)Nc1ccc2oc(CC(C)(C)C)nc2c1.